The largest absolute Gasteiger partial charge is 0.395 e. The Labute approximate surface area is 238 Å². The first-order valence-corrected chi connectivity index (χ1v) is 13.2. The van der Waals surface area contributed by atoms with E-state index in [-0.39, 0.29) is 44.1 Å². The number of carbonyl (C=O) groups is 2. The number of benzene rings is 2. The zero-order valence-electron chi connectivity index (χ0n) is 22.0. The molecule has 0 saturated carbocycles. The Kier molecular flexibility index (Phi) is 11.5. The summed E-state index contributed by atoms with van der Waals surface area (Å²) in [7, 11) is 0. The molecule has 0 aromatic heterocycles. The second kappa shape index (κ2) is 14.6. The van der Waals surface area contributed by atoms with Crippen molar-refractivity contribution in [2.24, 2.45) is 0 Å². The molecule has 0 aliphatic carbocycles. The van der Waals surface area contributed by atoms with Gasteiger partial charge in [-0.2, -0.15) is 13.2 Å². The van der Waals surface area contributed by atoms with E-state index >= 15 is 0 Å². The highest BCUT2D eigenvalue weighted by Crippen LogP contribution is 2.31. The molecule has 1 heterocycles. The molecule has 0 spiro atoms. The quantitative estimate of drug-likeness (QED) is 0.292. The molecule has 4 N–H and O–H groups in total. The Hall–Kier alpha value is -3.20. The van der Waals surface area contributed by atoms with Gasteiger partial charge in [0.05, 0.1) is 36.6 Å². The lowest BCUT2D eigenvalue weighted by molar-refractivity contribution is -0.138. The van der Waals surface area contributed by atoms with Gasteiger partial charge in [-0.1, -0.05) is 17.7 Å². The van der Waals surface area contributed by atoms with Crippen molar-refractivity contribution < 1.29 is 41.8 Å². The van der Waals surface area contributed by atoms with Gasteiger partial charge in [-0.15, -0.1) is 0 Å². The summed E-state index contributed by atoms with van der Waals surface area (Å²) >= 11 is 6.15. The number of hydrogen-bond acceptors (Lipinski definition) is 6. The number of alkyl halides is 3. The number of anilines is 2. The summed E-state index contributed by atoms with van der Waals surface area (Å²) in [4.78, 5) is 29.8. The number of nitrogens with zero attached hydrogens (tertiary/aromatic N) is 3. The first-order chi connectivity index (χ1) is 19.4. The summed E-state index contributed by atoms with van der Waals surface area (Å²) < 4.78 is 67.4. The Bertz CT molecular complexity index is 1210. The number of aliphatic hydroxyl groups is 2. The van der Waals surface area contributed by atoms with Gasteiger partial charge in [-0.25, -0.2) is 13.6 Å². The predicted molar refractivity (Wildman–Crippen MR) is 143 cm³/mol. The van der Waals surface area contributed by atoms with Gasteiger partial charge in [0.2, 0.25) is 0 Å². The first-order valence-electron chi connectivity index (χ1n) is 12.8. The molecule has 1 saturated heterocycles. The maximum absolute atomic E-state index is 14.9. The first kappa shape index (κ1) is 32.3. The lowest BCUT2D eigenvalue weighted by Gasteiger charge is -2.37. The average molecular weight is 608 g/mol. The SMILES string of the molecule is O=C(Nc1ccc(Cl)cc1N1CCN(CCC(F)(F)F)CC1)c1ccc(CNC(=O)N(CCO)CCO)c(F)c1F. The minimum absolute atomic E-state index is 0.0667. The molecule has 2 aromatic rings. The summed E-state index contributed by atoms with van der Waals surface area (Å²) in [6.07, 6.45) is -5.16. The molecule has 1 fully saturated rings. The number of aliphatic hydroxyl groups excluding tert-OH is 2. The highest BCUT2D eigenvalue weighted by molar-refractivity contribution is 6.31. The topological polar surface area (TPSA) is 108 Å². The van der Waals surface area contributed by atoms with Gasteiger partial charge < -0.3 is 30.6 Å². The molecule has 15 heteroatoms. The predicted octanol–water partition coefficient (Wildman–Crippen LogP) is 3.44. The third-order valence-corrected chi connectivity index (χ3v) is 6.73. The second-order valence-corrected chi connectivity index (χ2v) is 9.74. The Morgan fingerprint density at radius 3 is 2.24 bits per heavy atom. The van der Waals surface area contributed by atoms with Gasteiger partial charge in [-0.3, -0.25) is 9.69 Å². The normalized spacial score (nSPS) is 14.2. The highest BCUT2D eigenvalue weighted by Gasteiger charge is 2.29. The van der Waals surface area contributed by atoms with Gasteiger partial charge in [0.15, 0.2) is 11.6 Å². The van der Waals surface area contributed by atoms with Gasteiger partial charge >= 0.3 is 12.2 Å². The molecular weight excluding hydrogens is 577 g/mol. The van der Waals surface area contributed by atoms with Crippen LogP contribution in [0.5, 0.6) is 0 Å². The number of amides is 3. The van der Waals surface area contributed by atoms with Crippen molar-refractivity contribution >= 4 is 34.9 Å². The number of rotatable bonds is 11. The van der Waals surface area contributed by atoms with E-state index < -0.39 is 48.3 Å². The molecule has 41 heavy (non-hydrogen) atoms. The zero-order valence-corrected chi connectivity index (χ0v) is 22.7. The van der Waals surface area contributed by atoms with E-state index in [4.69, 9.17) is 21.8 Å². The molecule has 1 aliphatic rings. The summed E-state index contributed by atoms with van der Waals surface area (Å²) in [6.45, 7) is 0.0544. The van der Waals surface area contributed by atoms with Crippen LogP contribution in [-0.2, 0) is 6.54 Å². The van der Waals surface area contributed by atoms with Crippen LogP contribution in [0.25, 0.3) is 0 Å². The van der Waals surface area contributed by atoms with Crippen molar-refractivity contribution in [2.75, 3.05) is 69.2 Å². The number of halogens is 6. The Balaban J connectivity index is 1.68. The van der Waals surface area contributed by atoms with Crippen molar-refractivity contribution in [2.45, 2.75) is 19.1 Å². The number of nitrogens with one attached hydrogen (secondary N) is 2. The van der Waals surface area contributed by atoms with Crippen LogP contribution in [0.2, 0.25) is 5.02 Å². The summed E-state index contributed by atoms with van der Waals surface area (Å²) in [6, 6.07) is 6.09. The van der Waals surface area contributed by atoms with Crippen molar-refractivity contribution in [1.29, 1.82) is 0 Å². The maximum atomic E-state index is 14.9. The van der Waals surface area contributed by atoms with E-state index in [2.05, 4.69) is 10.6 Å². The van der Waals surface area contributed by atoms with E-state index in [1.807, 2.05) is 4.90 Å². The molecular formula is C26H31ClF5N5O4. The van der Waals surface area contributed by atoms with Crippen molar-refractivity contribution in [3.8, 4) is 0 Å². The van der Waals surface area contributed by atoms with Gasteiger partial charge in [0, 0.05) is 62.9 Å². The van der Waals surface area contributed by atoms with Crippen molar-refractivity contribution in [3.63, 3.8) is 0 Å². The smallest absolute Gasteiger partial charge is 0.390 e. The summed E-state index contributed by atoms with van der Waals surface area (Å²) in [5, 5.41) is 23.3. The number of carbonyl (C=O) groups excluding carboxylic acids is 2. The highest BCUT2D eigenvalue weighted by atomic mass is 35.5. The van der Waals surface area contributed by atoms with Crippen LogP contribution in [0.4, 0.5) is 38.1 Å². The van der Waals surface area contributed by atoms with Crippen LogP contribution in [0.3, 0.4) is 0 Å². The van der Waals surface area contributed by atoms with Crippen LogP contribution in [-0.4, -0.2) is 97.2 Å². The lowest BCUT2D eigenvalue weighted by Crippen LogP contribution is -2.47. The average Bonchev–Trinajstić information content (AvgIpc) is 2.93. The molecule has 1 aliphatic heterocycles. The van der Waals surface area contributed by atoms with E-state index in [0.29, 0.717) is 36.9 Å². The van der Waals surface area contributed by atoms with Gasteiger partial charge in [0.25, 0.3) is 5.91 Å². The second-order valence-electron chi connectivity index (χ2n) is 9.30. The molecule has 3 rings (SSSR count). The van der Waals surface area contributed by atoms with Crippen LogP contribution in [0.15, 0.2) is 30.3 Å². The number of hydrogen-bond donors (Lipinski definition) is 4. The molecule has 0 bridgehead atoms. The third kappa shape index (κ3) is 9.15. The van der Waals surface area contributed by atoms with E-state index in [9.17, 15) is 31.5 Å². The molecule has 9 nitrogen and oxygen atoms in total. The standard InChI is InChI=1S/C26H31ClF5N5O4/c27-18-2-4-20(21(15-18)36-9-7-35(8-10-36)6-5-26(30,31)32)34-24(40)19-3-1-17(22(28)23(19)29)16-33-25(41)37(11-13-38)12-14-39/h1-4,15,38-39H,5-14,16H2,(H,33,41)(H,34,40). The van der Waals surface area contributed by atoms with Crippen LogP contribution in [0, 0.1) is 11.6 Å². The Morgan fingerprint density at radius 2 is 1.63 bits per heavy atom. The molecule has 0 atom stereocenters. The Morgan fingerprint density at radius 1 is 0.976 bits per heavy atom. The number of piperazine rings is 1. The summed E-state index contributed by atoms with van der Waals surface area (Å²) in [5.74, 6) is -3.70. The monoisotopic (exact) mass is 607 g/mol. The van der Waals surface area contributed by atoms with E-state index in [0.717, 1.165) is 17.0 Å². The summed E-state index contributed by atoms with van der Waals surface area (Å²) in [5.41, 5.74) is -0.0717. The fraction of sp³-hybridized carbons (Fsp3) is 0.462. The molecule has 2 aromatic carbocycles. The van der Waals surface area contributed by atoms with Gasteiger partial charge in [0.1, 0.15) is 0 Å². The van der Waals surface area contributed by atoms with Crippen LogP contribution in [0.1, 0.15) is 22.3 Å². The fourth-order valence-electron chi connectivity index (χ4n) is 4.30. The van der Waals surface area contributed by atoms with Crippen LogP contribution >= 0.6 is 11.6 Å². The third-order valence-electron chi connectivity index (χ3n) is 6.50. The molecule has 0 radical (unpaired) electrons. The maximum Gasteiger partial charge on any atom is 0.390 e. The van der Waals surface area contributed by atoms with Gasteiger partial charge in [-0.05, 0) is 24.3 Å². The van der Waals surface area contributed by atoms with E-state index in [1.165, 1.54) is 12.1 Å². The van der Waals surface area contributed by atoms with Crippen LogP contribution < -0.4 is 15.5 Å². The minimum Gasteiger partial charge on any atom is -0.395 e. The van der Waals surface area contributed by atoms with E-state index in [1.54, 1.807) is 11.0 Å². The minimum atomic E-state index is -4.25. The molecule has 0 unspecified atom stereocenters. The van der Waals surface area contributed by atoms with Crippen molar-refractivity contribution in [3.05, 3.63) is 58.1 Å². The molecule has 226 valence electrons. The van der Waals surface area contributed by atoms with Crippen molar-refractivity contribution in [1.82, 2.24) is 15.1 Å². The molecule has 3 amide bonds. The lowest BCUT2D eigenvalue weighted by atomic mass is 10.1. The zero-order chi connectivity index (χ0) is 30.2. The fourth-order valence-corrected chi connectivity index (χ4v) is 4.47. The number of urea groups is 1.